The van der Waals surface area contributed by atoms with Gasteiger partial charge in [-0.1, -0.05) is 18.2 Å². The molecule has 0 saturated heterocycles. The molecule has 1 aromatic heterocycles. The van der Waals surface area contributed by atoms with Crippen molar-refractivity contribution in [3.8, 4) is 17.2 Å². The second kappa shape index (κ2) is 10.2. The molecule has 0 fully saturated rings. The van der Waals surface area contributed by atoms with Crippen LogP contribution in [-0.2, 0) is 6.54 Å². The Kier molecular flexibility index (Phi) is 7.10. The zero-order chi connectivity index (χ0) is 20.5. The highest BCUT2D eigenvalue weighted by Crippen LogP contribution is 2.30. The van der Waals surface area contributed by atoms with Crippen LogP contribution >= 0.6 is 0 Å². The number of aromatic nitrogens is 2. The largest absolute Gasteiger partial charge is 0.493 e. The fraction of sp³-hybridized carbons (Fsp3) is 0.273. The molecule has 0 aliphatic carbocycles. The van der Waals surface area contributed by atoms with Gasteiger partial charge < -0.3 is 20.1 Å². The lowest BCUT2D eigenvalue weighted by Gasteiger charge is -2.14. The number of ether oxygens (including phenoxy) is 2. The van der Waals surface area contributed by atoms with Crippen LogP contribution < -0.4 is 20.1 Å². The van der Waals surface area contributed by atoms with E-state index < -0.39 is 0 Å². The Hall–Kier alpha value is -3.48. The van der Waals surface area contributed by atoms with Crippen LogP contribution in [0.4, 0.5) is 5.69 Å². The molecule has 0 aliphatic rings. The lowest BCUT2D eigenvalue weighted by molar-refractivity contribution is 0.311. The van der Waals surface area contributed by atoms with Gasteiger partial charge in [-0.25, -0.2) is 9.67 Å². The first-order valence-corrected chi connectivity index (χ1v) is 9.68. The molecule has 2 N–H and O–H groups in total. The molecule has 0 spiro atoms. The van der Waals surface area contributed by atoms with Crippen LogP contribution in [0.5, 0.6) is 11.5 Å². The maximum absolute atomic E-state index is 5.65. The Morgan fingerprint density at radius 3 is 2.66 bits per heavy atom. The lowest BCUT2D eigenvalue weighted by atomic mass is 10.2. The summed E-state index contributed by atoms with van der Waals surface area (Å²) in [7, 11) is 1.63. The average molecular weight is 393 g/mol. The van der Waals surface area contributed by atoms with E-state index >= 15 is 0 Å². The molecule has 3 aromatic rings. The van der Waals surface area contributed by atoms with Gasteiger partial charge in [0.25, 0.3) is 0 Å². The van der Waals surface area contributed by atoms with Crippen molar-refractivity contribution in [3.05, 3.63) is 66.5 Å². The van der Waals surface area contributed by atoms with Crippen molar-refractivity contribution in [2.24, 2.45) is 4.99 Å². The van der Waals surface area contributed by atoms with Crippen LogP contribution in [0.3, 0.4) is 0 Å². The monoisotopic (exact) mass is 393 g/mol. The zero-order valence-electron chi connectivity index (χ0n) is 17.1. The summed E-state index contributed by atoms with van der Waals surface area (Å²) >= 11 is 0. The second-order valence-corrected chi connectivity index (χ2v) is 6.25. The van der Waals surface area contributed by atoms with Crippen LogP contribution in [-0.4, -0.2) is 36.0 Å². The molecule has 7 nitrogen and oxygen atoms in total. The SMILES string of the molecule is CCNC(=NCc1cnn(-c2ccccc2)c1)Nc1ccc(OC)c(OCC)c1. The number of hydrogen-bond acceptors (Lipinski definition) is 4. The van der Waals surface area contributed by atoms with E-state index in [2.05, 4.69) is 20.7 Å². The van der Waals surface area contributed by atoms with Gasteiger partial charge >= 0.3 is 0 Å². The third-order valence-electron chi connectivity index (χ3n) is 4.15. The Bertz CT molecular complexity index is 937. The highest BCUT2D eigenvalue weighted by atomic mass is 16.5. The molecule has 2 aromatic carbocycles. The molecular weight excluding hydrogens is 366 g/mol. The molecule has 152 valence electrons. The van der Waals surface area contributed by atoms with E-state index in [-0.39, 0.29) is 0 Å². The number of aliphatic imine (C=N–C) groups is 1. The number of guanidine groups is 1. The summed E-state index contributed by atoms with van der Waals surface area (Å²) < 4.78 is 12.8. The summed E-state index contributed by atoms with van der Waals surface area (Å²) in [4.78, 5) is 4.67. The van der Waals surface area contributed by atoms with Gasteiger partial charge in [0.15, 0.2) is 17.5 Å². The van der Waals surface area contributed by atoms with Crippen LogP contribution in [0.2, 0.25) is 0 Å². The van der Waals surface area contributed by atoms with E-state index in [1.165, 1.54) is 0 Å². The minimum absolute atomic E-state index is 0.511. The third kappa shape index (κ3) is 5.51. The van der Waals surface area contributed by atoms with E-state index in [0.717, 1.165) is 23.5 Å². The van der Waals surface area contributed by atoms with Gasteiger partial charge in [-0.3, -0.25) is 0 Å². The maximum atomic E-state index is 5.65. The molecule has 0 bridgehead atoms. The minimum Gasteiger partial charge on any atom is -0.493 e. The van der Waals surface area contributed by atoms with Crippen molar-refractivity contribution in [2.45, 2.75) is 20.4 Å². The molecule has 0 saturated carbocycles. The molecule has 0 unspecified atom stereocenters. The number of benzene rings is 2. The van der Waals surface area contributed by atoms with E-state index in [1.807, 2.05) is 79.5 Å². The van der Waals surface area contributed by atoms with Crippen molar-refractivity contribution in [1.29, 1.82) is 0 Å². The summed E-state index contributed by atoms with van der Waals surface area (Å²) in [5, 5.41) is 11.0. The first-order valence-electron chi connectivity index (χ1n) is 9.68. The normalized spacial score (nSPS) is 11.2. The number of para-hydroxylation sites is 1. The number of rotatable bonds is 8. The van der Waals surface area contributed by atoms with Crippen LogP contribution in [0.15, 0.2) is 65.9 Å². The molecule has 1 heterocycles. The third-order valence-corrected chi connectivity index (χ3v) is 4.15. The summed E-state index contributed by atoms with van der Waals surface area (Å²) in [5.41, 5.74) is 2.92. The molecule has 0 aliphatic heterocycles. The molecule has 7 heteroatoms. The van der Waals surface area contributed by atoms with Gasteiger partial charge in [0, 0.05) is 30.1 Å². The molecule has 29 heavy (non-hydrogen) atoms. The van der Waals surface area contributed by atoms with Crippen LogP contribution in [0.1, 0.15) is 19.4 Å². The number of nitrogens with zero attached hydrogens (tertiary/aromatic N) is 3. The Balaban J connectivity index is 1.72. The van der Waals surface area contributed by atoms with Crippen LogP contribution in [0.25, 0.3) is 5.69 Å². The first-order chi connectivity index (χ1) is 14.2. The smallest absolute Gasteiger partial charge is 0.196 e. The number of methoxy groups -OCH3 is 1. The number of hydrogen-bond donors (Lipinski definition) is 2. The fourth-order valence-corrected chi connectivity index (χ4v) is 2.80. The van der Waals surface area contributed by atoms with Gasteiger partial charge in [-0.2, -0.15) is 5.10 Å². The van der Waals surface area contributed by atoms with E-state index in [4.69, 9.17) is 9.47 Å². The summed E-state index contributed by atoms with van der Waals surface area (Å²) in [6.45, 7) is 5.81. The maximum Gasteiger partial charge on any atom is 0.196 e. The highest BCUT2D eigenvalue weighted by Gasteiger charge is 2.07. The van der Waals surface area contributed by atoms with Crippen molar-refractivity contribution >= 4 is 11.6 Å². The topological polar surface area (TPSA) is 72.7 Å². The Morgan fingerprint density at radius 1 is 1.10 bits per heavy atom. The summed E-state index contributed by atoms with van der Waals surface area (Å²) in [6.07, 6.45) is 3.82. The van der Waals surface area contributed by atoms with E-state index in [0.29, 0.717) is 30.6 Å². The van der Waals surface area contributed by atoms with Crippen molar-refractivity contribution in [3.63, 3.8) is 0 Å². The van der Waals surface area contributed by atoms with Crippen molar-refractivity contribution in [1.82, 2.24) is 15.1 Å². The number of nitrogens with one attached hydrogen (secondary N) is 2. The van der Waals surface area contributed by atoms with E-state index in [9.17, 15) is 0 Å². The van der Waals surface area contributed by atoms with Gasteiger partial charge in [0.2, 0.25) is 0 Å². The number of anilines is 1. The van der Waals surface area contributed by atoms with Gasteiger partial charge in [-0.15, -0.1) is 0 Å². The Morgan fingerprint density at radius 2 is 1.93 bits per heavy atom. The quantitative estimate of drug-likeness (QED) is 0.449. The second-order valence-electron chi connectivity index (χ2n) is 6.25. The predicted molar refractivity (Wildman–Crippen MR) is 116 cm³/mol. The molecule has 0 atom stereocenters. The molecule has 0 amide bonds. The molecular formula is C22H27N5O2. The highest BCUT2D eigenvalue weighted by molar-refractivity contribution is 5.93. The fourth-order valence-electron chi connectivity index (χ4n) is 2.80. The minimum atomic E-state index is 0.511. The lowest BCUT2D eigenvalue weighted by Crippen LogP contribution is -2.30. The van der Waals surface area contributed by atoms with Crippen molar-refractivity contribution < 1.29 is 9.47 Å². The summed E-state index contributed by atoms with van der Waals surface area (Å²) in [5.74, 6) is 2.08. The molecule has 3 rings (SSSR count). The van der Waals surface area contributed by atoms with Gasteiger partial charge in [0.05, 0.1) is 32.1 Å². The zero-order valence-corrected chi connectivity index (χ0v) is 17.1. The predicted octanol–water partition coefficient (Wildman–Crippen LogP) is 3.86. The Labute approximate surface area is 171 Å². The summed E-state index contributed by atoms with van der Waals surface area (Å²) in [6, 6.07) is 15.7. The van der Waals surface area contributed by atoms with E-state index in [1.54, 1.807) is 7.11 Å². The van der Waals surface area contributed by atoms with Crippen molar-refractivity contribution in [2.75, 3.05) is 25.6 Å². The van der Waals surface area contributed by atoms with Crippen LogP contribution in [0, 0.1) is 0 Å². The van der Waals surface area contributed by atoms with Gasteiger partial charge in [-0.05, 0) is 38.1 Å². The standard InChI is InChI=1S/C22H27N5O2/c1-4-23-22(26-18-11-12-20(28-3)21(13-18)29-5-2)24-14-17-15-25-27(16-17)19-9-7-6-8-10-19/h6-13,15-16H,4-5,14H2,1-3H3,(H2,23,24,26). The molecule has 0 radical (unpaired) electrons. The first kappa shape index (κ1) is 20.3. The average Bonchev–Trinajstić information content (AvgIpc) is 3.22. The van der Waals surface area contributed by atoms with Gasteiger partial charge in [0.1, 0.15) is 0 Å².